The quantitative estimate of drug-likeness (QED) is 0.620. The van der Waals surface area contributed by atoms with Crippen LogP contribution < -0.4 is 0 Å². The zero-order valence-corrected chi connectivity index (χ0v) is 17.8. The second-order valence-electron chi connectivity index (χ2n) is 8.67. The van der Waals surface area contributed by atoms with E-state index in [0.717, 1.165) is 17.5 Å². The fourth-order valence-corrected chi connectivity index (χ4v) is 3.79. The lowest BCUT2D eigenvalue weighted by Crippen LogP contribution is -2.13. The van der Waals surface area contributed by atoms with Crippen LogP contribution >= 0.6 is 0 Å². The molecule has 1 heteroatoms. The number of phenolic OH excluding ortho intramolecular Hbond substituents is 1. The van der Waals surface area contributed by atoms with Gasteiger partial charge in [-0.1, -0.05) is 39.0 Å². The van der Waals surface area contributed by atoms with E-state index in [1.807, 2.05) is 6.08 Å². The van der Waals surface area contributed by atoms with Gasteiger partial charge < -0.3 is 5.11 Å². The summed E-state index contributed by atoms with van der Waals surface area (Å²) in [6.45, 7) is 21.4. The van der Waals surface area contributed by atoms with E-state index in [9.17, 15) is 5.11 Å². The number of benzene rings is 2. The van der Waals surface area contributed by atoms with Crippen LogP contribution in [-0.2, 0) is 18.3 Å². The van der Waals surface area contributed by atoms with E-state index in [4.69, 9.17) is 0 Å². The number of allylic oxidation sites excluding steroid dienone is 1. The monoisotopic (exact) mass is 350 g/mol. The predicted molar refractivity (Wildman–Crippen MR) is 114 cm³/mol. The number of phenols is 1. The highest BCUT2D eigenvalue weighted by atomic mass is 16.3. The van der Waals surface area contributed by atoms with Crippen molar-refractivity contribution in [3.63, 3.8) is 0 Å². The summed E-state index contributed by atoms with van der Waals surface area (Å²) in [6, 6.07) is 4.33. The molecule has 0 radical (unpaired) electrons. The van der Waals surface area contributed by atoms with Gasteiger partial charge in [0.15, 0.2) is 0 Å². The Kier molecular flexibility index (Phi) is 5.70. The molecule has 0 saturated carbocycles. The van der Waals surface area contributed by atoms with Crippen LogP contribution in [0, 0.1) is 34.6 Å². The molecule has 0 atom stereocenters. The van der Waals surface area contributed by atoms with Crippen molar-refractivity contribution >= 4 is 0 Å². The van der Waals surface area contributed by atoms with E-state index in [1.54, 1.807) is 0 Å². The molecule has 26 heavy (non-hydrogen) atoms. The SMILES string of the molecule is C=CCc1cc(Cc2c(C)c(C)c(C)c(C)c2C)cc(C(C)(C)C)c1O. The van der Waals surface area contributed by atoms with Crippen molar-refractivity contribution in [3.05, 3.63) is 74.9 Å². The zero-order chi connectivity index (χ0) is 19.8. The molecule has 2 aromatic rings. The fraction of sp³-hybridized carbons (Fsp3) is 0.440. The summed E-state index contributed by atoms with van der Waals surface area (Å²) in [7, 11) is 0. The van der Waals surface area contributed by atoms with Gasteiger partial charge in [0, 0.05) is 0 Å². The minimum absolute atomic E-state index is 0.0980. The van der Waals surface area contributed by atoms with E-state index < -0.39 is 0 Å². The van der Waals surface area contributed by atoms with Gasteiger partial charge in [0.05, 0.1) is 0 Å². The molecule has 0 unspecified atom stereocenters. The van der Waals surface area contributed by atoms with Crippen molar-refractivity contribution in [1.82, 2.24) is 0 Å². The highest BCUT2D eigenvalue weighted by Crippen LogP contribution is 2.36. The van der Waals surface area contributed by atoms with Crippen LogP contribution in [0.15, 0.2) is 24.8 Å². The Morgan fingerprint density at radius 2 is 1.38 bits per heavy atom. The highest BCUT2D eigenvalue weighted by Gasteiger charge is 2.22. The first-order chi connectivity index (χ1) is 12.0. The van der Waals surface area contributed by atoms with Gasteiger partial charge in [0.2, 0.25) is 0 Å². The molecule has 0 aliphatic carbocycles. The Morgan fingerprint density at radius 3 is 1.85 bits per heavy atom. The Bertz CT molecular complexity index is 819. The maximum Gasteiger partial charge on any atom is 0.122 e. The van der Waals surface area contributed by atoms with Crippen molar-refractivity contribution in [2.75, 3.05) is 0 Å². The number of rotatable bonds is 4. The second kappa shape index (κ2) is 7.31. The molecule has 1 nitrogen and oxygen atoms in total. The summed E-state index contributed by atoms with van der Waals surface area (Å²) >= 11 is 0. The van der Waals surface area contributed by atoms with Gasteiger partial charge in [-0.05, 0) is 103 Å². The molecule has 0 heterocycles. The van der Waals surface area contributed by atoms with E-state index in [0.29, 0.717) is 12.2 Å². The Morgan fingerprint density at radius 1 is 0.885 bits per heavy atom. The topological polar surface area (TPSA) is 20.2 Å². The Labute approximate surface area is 159 Å². The smallest absolute Gasteiger partial charge is 0.122 e. The van der Waals surface area contributed by atoms with Crippen LogP contribution in [0.25, 0.3) is 0 Å². The number of aromatic hydroxyl groups is 1. The number of hydrogen-bond acceptors (Lipinski definition) is 1. The highest BCUT2D eigenvalue weighted by molar-refractivity contribution is 5.53. The van der Waals surface area contributed by atoms with Crippen LogP contribution in [-0.4, -0.2) is 5.11 Å². The lowest BCUT2D eigenvalue weighted by molar-refractivity contribution is 0.441. The standard InChI is InChI=1S/C25H34O/c1-10-11-21-12-20(14-23(24(21)26)25(7,8)9)13-22-18(5)16(3)15(2)17(4)19(22)6/h10,12,14,26H,1,11,13H2,2-9H3. The molecule has 140 valence electrons. The summed E-state index contributed by atoms with van der Waals surface area (Å²) in [4.78, 5) is 0. The van der Waals surface area contributed by atoms with Crippen molar-refractivity contribution in [1.29, 1.82) is 0 Å². The normalized spacial score (nSPS) is 11.7. The second-order valence-corrected chi connectivity index (χ2v) is 8.67. The molecule has 0 amide bonds. The fourth-order valence-electron chi connectivity index (χ4n) is 3.79. The molecule has 2 rings (SSSR count). The molecule has 0 aliphatic rings. The third kappa shape index (κ3) is 3.72. The van der Waals surface area contributed by atoms with E-state index >= 15 is 0 Å². The molecule has 0 spiro atoms. The molecule has 2 aromatic carbocycles. The van der Waals surface area contributed by atoms with Crippen molar-refractivity contribution < 1.29 is 5.11 Å². The molecular weight excluding hydrogens is 316 g/mol. The van der Waals surface area contributed by atoms with E-state index in [2.05, 4.69) is 74.1 Å². The first-order valence-corrected chi connectivity index (χ1v) is 9.51. The zero-order valence-electron chi connectivity index (χ0n) is 17.8. The molecular formula is C25H34O. The maximum atomic E-state index is 10.7. The summed E-state index contributed by atoms with van der Waals surface area (Å²) < 4.78 is 0. The minimum atomic E-state index is -0.0980. The summed E-state index contributed by atoms with van der Waals surface area (Å²) in [6.07, 6.45) is 3.45. The molecule has 1 N–H and O–H groups in total. The lowest BCUT2D eigenvalue weighted by atomic mass is 9.81. The molecule has 0 bridgehead atoms. The molecule has 0 aliphatic heterocycles. The van der Waals surface area contributed by atoms with Gasteiger partial charge in [-0.3, -0.25) is 0 Å². The van der Waals surface area contributed by atoms with E-state index in [-0.39, 0.29) is 5.41 Å². The minimum Gasteiger partial charge on any atom is -0.507 e. The van der Waals surface area contributed by atoms with Crippen LogP contribution in [0.1, 0.15) is 70.8 Å². The first kappa shape index (κ1) is 20.3. The molecule has 0 saturated heterocycles. The van der Waals surface area contributed by atoms with E-state index in [1.165, 1.54) is 38.9 Å². The van der Waals surface area contributed by atoms with Gasteiger partial charge in [0.25, 0.3) is 0 Å². The Balaban J connectivity index is 2.64. The van der Waals surface area contributed by atoms with Crippen molar-refractivity contribution in [2.24, 2.45) is 0 Å². The molecule has 0 fully saturated rings. The molecule has 0 aromatic heterocycles. The summed E-state index contributed by atoms with van der Waals surface area (Å²) in [5.41, 5.74) is 11.5. The summed E-state index contributed by atoms with van der Waals surface area (Å²) in [5.74, 6) is 0.422. The van der Waals surface area contributed by atoms with Crippen LogP contribution in [0.3, 0.4) is 0 Å². The van der Waals surface area contributed by atoms with Crippen molar-refractivity contribution in [3.8, 4) is 5.75 Å². The van der Waals surface area contributed by atoms with Crippen molar-refractivity contribution in [2.45, 2.75) is 73.6 Å². The maximum absolute atomic E-state index is 10.7. The van der Waals surface area contributed by atoms with Gasteiger partial charge in [-0.15, -0.1) is 6.58 Å². The van der Waals surface area contributed by atoms with Gasteiger partial charge >= 0.3 is 0 Å². The average molecular weight is 351 g/mol. The van der Waals surface area contributed by atoms with Gasteiger partial charge in [-0.2, -0.15) is 0 Å². The predicted octanol–water partition coefficient (Wildman–Crippen LogP) is 6.55. The first-order valence-electron chi connectivity index (χ1n) is 9.51. The van der Waals surface area contributed by atoms with Crippen LogP contribution in [0.5, 0.6) is 5.75 Å². The Hall–Kier alpha value is -2.02. The van der Waals surface area contributed by atoms with Gasteiger partial charge in [0.1, 0.15) is 5.75 Å². The summed E-state index contributed by atoms with van der Waals surface area (Å²) in [5, 5.41) is 10.7. The van der Waals surface area contributed by atoms with Crippen LogP contribution in [0.4, 0.5) is 0 Å². The average Bonchev–Trinajstić information content (AvgIpc) is 2.57. The third-order valence-corrected chi connectivity index (χ3v) is 5.96. The largest absolute Gasteiger partial charge is 0.507 e. The van der Waals surface area contributed by atoms with Gasteiger partial charge in [-0.25, -0.2) is 0 Å². The number of hydrogen-bond donors (Lipinski definition) is 1. The lowest BCUT2D eigenvalue weighted by Gasteiger charge is -2.24. The third-order valence-electron chi connectivity index (χ3n) is 5.96. The van der Waals surface area contributed by atoms with Crippen LogP contribution in [0.2, 0.25) is 0 Å².